The zero-order valence-corrected chi connectivity index (χ0v) is 21.7. The monoisotopic (exact) mass is 532 g/mol. The van der Waals surface area contributed by atoms with E-state index in [-0.39, 0.29) is 29.9 Å². The predicted octanol–water partition coefficient (Wildman–Crippen LogP) is 6.14. The van der Waals surface area contributed by atoms with Crippen molar-refractivity contribution in [3.8, 4) is 0 Å². The summed E-state index contributed by atoms with van der Waals surface area (Å²) in [6, 6.07) is 20.3. The maximum absolute atomic E-state index is 13.5. The second kappa shape index (κ2) is 13.5. The normalized spacial score (nSPS) is 11.7. The van der Waals surface area contributed by atoms with Crippen LogP contribution in [0.4, 0.5) is 4.39 Å². The second-order valence-electron chi connectivity index (χ2n) is 7.99. The molecule has 3 rings (SSSR count). The summed E-state index contributed by atoms with van der Waals surface area (Å²) in [6.45, 7) is 2.51. The number of hydrogen-bond acceptors (Lipinski definition) is 3. The van der Waals surface area contributed by atoms with Crippen molar-refractivity contribution < 1.29 is 14.0 Å². The van der Waals surface area contributed by atoms with E-state index < -0.39 is 6.04 Å². The van der Waals surface area contributed by atoms with Crippen LogP contribution in [-0.2, 0) is 28.3 Å². The Labute approximate surface area is 219 Å². The van der Waals surface area contributed by atoms with E-state index in [1.165, 1.54) is 23.9 Å². The van der Waals surface area contributed by atoms with Crippen LogP contribution in [0, 0.1) is 5.82 Å². The number of rotatable bonds is 11. The number of likely N-dealkylation sites (N-methyl/N-ethyl adjacent to an activating group) is 1. The molecule has 0 spiro atoms. The van der Waals surface area contributed by atoms with Crippen LogP contribution in [0.25, 0.3) is 0 Å². The van der Waals surface area contributed by atoms with Gasteiger partial charge in [0.1, 0.15) is 11.9 Å². The number of carbonyl (C=O) groups is 2. The summed E-state index contributed by atoms with van der Waals surface area (Å²) in [7, 11) is 0. The summed E-state index contributed by atoms with van der Waals surface area (Å²) in [6.07, 6.45) is 0.377. The fourth-order valence-corrected chi connectivity index (χ4v) is 4.79. The van der Waals surface area contributed by atoms with Gasteiger partial charge in [0.25, 0.3) is 0 Å². The van der Waals surface area contributed by atoms with Crippen LogP contribution in [0.3, 0.4) is 0 Å². The molecule has 0 aliphatic carbocycles. The minimum absolute atomic E-state index is 0.170. The molecule has 4 nitrogen and oxygen atoms in total. The molecule has 0 aromatic heterocycles. The molecule has 0 radical (unpaired) electrons. The summed E-state index contributed by atoms with van der Waals surface area (Å²) in [4.78, 5) is 28.2. The molecule has 0 fully saturated rings. The van der Waals surface area contributed by atoms with Crippen molar-refractivity contribution in [2.75, 3.05) is 12.3 Å². The van der Waals surface area contributed by atoms with Gasteiger partial charge in [-0.2, -0.15) is 0 Å². The maximum atomic E-state index is 13.5. The highest BCUT2D eigenvalue weighted by Crippen LogP contribution is 2.25. The SMILES string of the molecule is CCNC(=O)[C@H](Cc1ccccc1)N(Cc1ccc(Cl)c(Cl)c1)C(=O)CSCc1ccc(F)cc1. The standard InChI is InChI=1S/C27H27Cl2FN2O2S/c1-2-31-27(34)25(15-19-6-4-3-5-7-19)32(16-21-10-13-23(28)24(29)14-21)26(33)18-35-17-20-8-11-22(30)12-9-20/h3-14,25H,2,15-18H2,1H3,(H,31,34)/t25-/m0/s1. The molecule has 0 saturated heterocycles. The average Bonchev–Trinajstić information content (AvgIpc) is 2.85. The van der Waals surface area contributed by atoms with E-state index in [0.29, 0.717) is 28.8 Å². The number of hydrogen-bond donors (Lipinski definition) is 1. The lowest BCUT2D eigenvalue weighted by atomic mass is 10.0. The first-order chi connectivity index (χ1) is 16.9. The molecule has 0 bridgehead atoms. The fraction of sp³-hybridized carbons (Fsp3) is 0.259. The van der Waals surface area contributed by atoms with Crippen LogP contribution in [0.1, 0.15) is 23.6 Å². The highest BCUT2D eigenvalue weighted by molar-refractivity contribution is 7.99. The molecule has 0 aliphatic heterocycles. The van der Waals surface area contributed by atoms with Crippen LogP contribution >= 0.6 is 35.0 Å². The van der Waals surface area contributed by atoms with E-state index in [0.717, 1.165) is 16.7 Å². The lowest BCUT2D eigenvalue weighted by Crippen LogP contribution is -2.51. The van der Waals surface area contributed by atoms with E-state index in [9.17, 15) is 14.0 Å². The third-order valence-electron chi connectivity index (χ3n) is 5.37. The Bertz CT molecular complexity index is 1130. The molecule has 3 aromatic rings. The van der Waals surface area contributed by atoms with E-state index in [1.54, 1.807) is 35.2 Å². The summed E-state index contributed by atoms with van der Waals surface area (Å²) < 4.78 is 13.2. The quantitative estimate of drug-likeness (QED) is 0.322. The first-order valence-electron chi connectivity index (χ1n) is 11.2. The van der Waals surface area contributed by atoms with Crippen molar-refractivity contribution in [2.45, 2.75) is 31.7 Å². The minimum atomic E-state index is -0.703. The molecule has 0 heterocycles. The zero-order valence-electron chi connectivity index (χ0n) is 19.3. The molecule has 2 amide bonds. The third-order valence-corrected chi connectivity index (χ3v) is 7.09. The van der Waals surface area contributed by atoms with Gasteiger partial charge in [-0.25, -0.2) is 4.39 Å². The molecule has 8 heteroatoms. The van der Waals surface area contributed by atoms with Crippen LogP contribution in [0.5, 0.6) is 0 Å². The van der Waals surface area contributed by atoms with Crippen LogP contribution in [-0.4, -0.2) is 35.1 Å². The molecule has 184 valence electrons. The smallest absolute Gasteiger partial charge is 0.243 e. The van der Waals surface area contributed by atoms with Gasteiger partial charge in [0.05, 0.1) is 15.8 Å². The maximum Gasteiger partial charge on any atom is 0.243 e. The van der Waals surface area contributed by atoms with Crippen molar-refractivity contribution >= 4 is 46.8 Å². The second-order valence-corrected chi connectivity index (χ2v) is 9.79. The van der Waals surface area contributed by atoms with Crippen LogP contribution in [0.15, 0.2) is 72.8 Å². The number of benzene rings is 3. The van der Waals surface area contributed by atoms with Gasteiger partial charge in [-0.1, -0.05) is 71.7 Å². The highest BCUT2D eigenvalue weighted by atomic mass is 35.5. The van der Waals surface area contributed by atoms with E-state index >= 15 is 0 Å². The van der Waals surface area contributed by atoms with Crippen LogP contribution < -0.4 is 5.32 Å². The zero-order chi connectivity index (χ0) is 25.2. The Morgan fingerprint density at radius 2 is 1.63 bits per heavy atom. The van der Waals surface area contributed by atoms with Gasteiger partial charge in [0, 0.05) is 25.3 Å². The molecule has 0 saturated carbocycles. The number of amides is 2. The number of thioether (sulfide) groups is 1. The molecule has 1 N–H and O–H groups in total. The molecule has 3 aromatic carbocycles. The largest absolute Gasteiger partial charge is 0.355 e. The van der Waals surface area contributed by atoms with Crippen molar-refractivity contribution in [3.63, 3.8) is 0 Å². The van der Waals surface area contributed by atoms with Gasteiger partial charge in [0.15, 0.2) is 0 Å². The minimum Gasteiger partial charge on any atom is -0.355 e. The summed E-state index contributed by atoms with van der Waals surface area (Å²) >= 11 is 13.7. The van der Waals surface area contributed by atoms with Gasteiger partial charge in [-0.05, 0) is 47.9 Å². The first-order valence-corrected chi connectivity index (χ1v) is 13.2. The van der Waals surface area contributed by atoms with Crippen molar-refractivity contribution in [1.82, 2.24) is 10.2 Å². The highest BCUT2D eigenvalue weighted by Gasteiger charge is 2.30. The van der Waals surface area contributed by atoms with Crippen molar-refractivity contribution in [1.29, 1.82) is 0 Å². The predicted molar refractivity (Wildman–Crippen MR) is 142 cm³/mol. The summed E-state index contributed by atoms with van der Waals surface area (Å²) in [5.41, 5.74) is 2.65. The van der Waals surface area contributed by atoms with Gasteiger partial charge in [0.2, 0.25) is 11.8 Å². The van der Waals surface area contributed by atoms with E-state index in [4.69, 9.17) is 23.2 Å². The lowest BCUT2D eigenvalue weighted by Gasteiger charge is -2.31. The van der Waals surface area contributed by atoms with Crippen molar-refractivity contribution in [3.05, 3.63) is 105 Å². The number of nitrogens with one attached hydrogen (secondary N) is 1. The number of nitrogens with zero attached hydrogens (tertiary/aromatic N) is 1. The van der Waals surface area contributed by atoms with Gasteiger partial charge in [-0.3, -0.25) is 9.59 Å². The topological polar surface area (TPSA) is 49.4 Å². The molecular weight excluding hydrogens is 506 g/mol. The fourth-order valence-electron chi connectivity index (χ4n) is 3.60. The third kappa shape index (κ3) is 8.27. The van der Waals surface area contributed by atoms with Crippen molar-refractivity contribution in [2.24, 2.45) is 0 Å². The number of halogens is 3. The average molecular weight is 533 g/mol. The van der Waals surface area contributed by atoms with Gasteiger partial charge < -0.3 is 10.2 Å². The van der Waals surface area contributed by atoms with E-state index in [1.807, 2.05) is 37.3 Å². The first kappa shape index (κ1) is 27.1. The summed E-state index contributed by atoms with van der Waals surface area (Å²) in [5, 5.41) is 3.68. The van der Waals surface area contributed by atoms with E-state index in [2.05, 4.69) is 5.32 Å². The molecule has 0 unspecified atom stereocenters. The van der Waals surface area contributed by atoms with Crippen LogP contribution in [0.2, 0.25) is 10.0 Å². The Kier molecular flexibility index (Phi) is 10.5. The lowest BCUT2D eigenvalue weighted by molar-refractivity contribution is -0.139. The Balaban J connectivity index is 1.84. The Morgan fingerprint density at radius 1 is 0.943 bits per heavy atom. The van der Waals surface area contributed by atoms with Gasteiger partial charge >= 0.3 is 0 Å². The molecule has 1 atom stereocenters. The molecule has 0 aliphatic rings. The van der Waals surface area contributed by atoms with Gasteiger partial charge in [-0.15, -0.1) is 11.8 Å². The summed E-state index contributed by atoms with van der Waals surface area (Å²) in [5.74, 6) is 0.0394. The Morgan fingerprint density at radius 3 is 2.29 bits per heavy atom. The molecular formula is C27H27Cl2FN2O2S. The molecule has 35 heavy (non-hydrogen) atoms. The number of carbonyl (C=O) groups excluding carboxylic acids is 2. The Hall–Kier alpha value is -2.54.